The molecule has 0 aliphatic heterocycles. The second kappa shape index (κ2) is 5.44. The molecule has 0 spiro atoms. The van der Waals surface area contributed by atoms with Crippen LogP contribution in [0, 0.1) is 0 Å². The normalized spacial score (nSPS) is 11.1. The highest BCUT2D eigenvalue weighted by atomic mass is 32.2. The number of sulfonamides is 1. The highest BCUT2D eigenvalue weighted by molar-refractivity contribution is 7.92. The number of carbonyl (C=O) groups excluding carboxylic acids is 1. The average molecular weight is 310 g/mol. The Morgan fingerprint density at radius 1 is 1.43 bits per heavy atom. The number of nitrogen functional groups attached to an aromatic ring is 1. The number of rotatable bonds is 4. The summed E-state index contributed by atoms with van der Waals surface area (Å²) >= 11 is 0. The molecule has 9 heteroatoms. The molecule has 0 aliphatic carbocycles. The number of aromatic nitrogens is 2. The minimum absolute atomic E-state index is 0.131. The van der Waals surface area contributed by atoms with Gasteiger partial charge in [-0.05, 0) is 18.2 Å². The molecule has 1 aromatic heterocycles. The zero-order valence-electron chi connectivity index (χ0n) is 11.4. The maximum atomic E-state index is 12.4. The summed E-state index contributed by atoms with van der Waals surface area (Å²) in [7, 11) is -1.15. The fraction of sp³-hybridized carbons (Fsp3) is 0.167. The van der Waals surface area contributed by atoms with Crippen molar-refractivity contribution in [1.29, 1.82) is 0 Å². The first-order valence-electron chi connectivity index (χ1n) is 5.83. The number of methoxy groups -OCH3 is 1. The molecule has 0 saturated heterocycles. The Morgan fingerprint density at radius 2 is 2.14 bits per heavy atom. The van der Waals surface area contributed by atoms with Crippen LogP contribution in [0.4, 0.5) is 11.4 Å². The van der Waals surface area contributed by atoms with Gasteiger partial charge >= 0.3 is 5.97 Å². The zero-order valence-corrected chi connectivity index (χ0v) is 12.2. The maximum absolute atomic E-state index is 12.4. The summed E-state index contributed by atoms with van der Waals surface area (Å²) in [5, 5.41) is 3.86. The fourth-order valence-corrected chi connectivity index (χ4v) is 2.94. The van der Waals surface area contributed by atoms with Gasteiger partial charge in [0.1, 0.15) is 4.90 Å². The van der Waals surface area contributed by atoms with Gasteiger partial charge in [0.05, 0.1) is 24.6 Å². The fourth-order valence-electron chi connectivity index (χ4n) is 1.74. The highest BCUT2D eigenvalue weighted by Crippen LogP contribution is 2.22. The molecule has 8 nitrogen and oxygen atoms in total. The van der Waals surface area contributed by atoms with Crippen molar-refractivity contribution >= 4 is 27.4 Å². The van der Waals surface area contributed by atoms with Gasteiger partial charge < -0.3 is 10.5 Å². The van der Waals surface area contributed by atoms with Gasteiger partial charge in [-0.25, -0.2) is 13.2 Å². The lowest BCUT2D eigenvalue weighted by molar-refractivity contribution is 0.0596. The number of ether oxygens (including phenoxy) is 1. The molecule has 2 aromatic rings. The summed E-state index contributed by atoms with van der Waals surface area (Å²) < 4.78 is 33.1. The lowest BCUT2D eigenvalue weighted by atomic mass is 10.2. The van der Waals surface area contributed by atoms with Crippen molar-refractivity contribution in [2.24, 2.45) is 7.05 Å². The van der Waals surface area contributed by atoms with Crippen LogP contribution in [-0.4, -0.2) is 31.3 Å². The quantitative estimate of drug-likeness (QED) is 0.630. The van der Waals surface area contributed by atoms with E-state index in [0.29, 0.717) is 0 Å². The standard InChI is InChI=1S/C12H14N4O4S/c1-16-7-9(6-14-16)15-21(18,19)11-4-3-8(13)5-10(11)12(17)20-2/h3-7,15H,13H2,1-2H3. The molecular formula is C12H14N4O4S. The number of hydrogen-bond donors (Lipinski definition) is 2. The molecule has 0 aliphatic rings. The first kappa shape index (κ1) is 14.9. The molecule has 0 bridgehead atoms. The van der Waals surface area contributed by atoms with Crippen LogP contribution in [0.3, 0.4) is 0 Å². The number of hydrogen-bond acceptors (Lipinski definition) is 6. The second-order valence-electron chi connectivity index (χ2n) is 4.26. The van der Waals surface area contributed by atoms with Gasteiger partial charge in [0, 0.05) is 18.9 Å². The van der Waals surface area contributed by atoms with Gasteiger partial charge in [0.2, 0.25) is 0 Å². The number of anilines is 2. The van der Waals surface area contributed by atoms with Crippen molar-refractivity contribution in [3.05, 3.63) is 36.2 Å². The van der Waals surface area contributed by atoms with E-state index in [0.717, 1.165) is 7.11 Å². The third-order valence-electron chi connectivity index (χ3n) is 2.66. The van der Waals surface area contributed by atoms with Crippen molar-refractivity contribution in [2.75, 3.05) is 17.6 Å². The van der Waals surface area contributed by atoms with E-state index in [1.165, 1.54) is 35.3 Å². The predicted octanol–water partition coefficient (Wildman–Crippen LogP) is 0.590. The van der Waals surface area contributed by atoms with Crippen LogP contribution >= 0.6 is 0 Å². The van der Waals surface area contributed by atoms with E-state index in [1.54, 1.807) is 7.05 Å². The van der Waals surface area contributed by atoms with Crippen LogP contribution in [0.5, 0.6) is 0 Å². The Hall–Kier alpha value is -2.55. The largest absolute Gasteiger partial charge is 0.465 e. The number of aryl methyl sites for hydroxylation is 1. The smallest absolute Gasteiger partial charge is 0.339 e. The Balaban J connectivity index is 2.46. The number of nitrogens with one attached hydrogen (secondary N) is 1. The Labute approximate surface area is 121 Å². The van der Waals surface area contributed by atoms with Gasteiger partial charge in [-0.1, -0.05) is 0 Å². The molecule has 1 heterocycles. The first-order valence-corrected chi connectivity index (χ1v) is 7.31. The van der Waals surface area contributed by atoms with Crippen LogP contribution in [-0.2, 0) is 21.8 Å². The van der Waals surface area contributed by atoms with Crippen molar-refractivity contribution in [3.8, 4) is 0 Å². The first-order chi connectivity index (χ1) is 9.83. The molecule has 0 atom stereocenters. The summed E-state index contributed by atoms with van der Waals surface area (Å²) in [4.78, 5) is 11.5. The lowest BCUT2D eigenvalue weighted by Crippen LogP contribution is -2.17. The summed E-state index contributed by atoms with van der Waals surface area (Å²) in [6.07, 6.45) is 2.85. The Morgan fingerprint density at radius 3 is 2.71 bits per heavy atom. The van der Waals surface area contributed by atoms with E-state index in [4.69, 9.17) is 5.73 Å². The predicted molar refractivity (Wildman–Crippen MR) is 76.2 cm³/mol. The molecule has 21 heavy (non-hydrogen) atoms. The molecule has 0 radical (unpaired) electrons. The van der Waals surface area contributed by atoms with Crippen molar-refractivity contribution in [1.82, 2.24) is 9.78 Å². The number of benzene rings is 1. The van der Waals surface area contributed by atoms with E-state index in [1.807, 2.05) is 0 Å². The van der Waals surface area contributed by atoms with E-state index in [9.17, 15) is 13.2 Å². The molecule has 0 fully saturated rings. The van der Waals surface area contributed by atoms with Crippen molar-refractivity contribution < 1.29 is 17.9 Å². The zero-order chi connectivity index (χ0) is 15.6. The third kappa shape index (κ3) is 3.14. The molecule has 1 aromatic carbocycles. The van der Waals surface area contributed by atoms with Crippen LogP contribution < -0.4 is 10.5 Å². The van der Waals surface area contributed by atoms with Crippen LogP contribution in [0.15, 0.2) is 35.5 Å². The molecule has 2 rings (SSSR count). The second-order valence-corrected chi connectivity index (χ2v) is 5.91. The average Bonchev–Trinajstić information content (AvgIpc) is 2.82. The van der Waals surface area contributed by atoms with E-state index in [2.05, 4.69) is 14.6 Å². The SMILES string of the molecule is COC(=O)c1cc(N)ccc1S(=O)(=O)Nc1cnn(C)c1. The molecule has 0 unspecified atom stereocenters. The molecular weight excluding hydrogens is 296 g/mol. The summed E-state index contributed by atoms with van der Waals surface area (Å²) in [5.74, 6) is -0.783. The maximum Gasteiger partial charge on any atom is 0.339 e. The summed E-state index contributed by atoms with van der Waals surface area (Å²) in [6.45, 7) is 0. The van der Waals surface area contributed by atoms with Gasteiger partial charge in [-0.2, -0.15) is 5.10 Å². The lowest BCUT2D eigenvalue weighted by Gasteiger charge is -2.10. The minimum atomic E-state index is -3.96. The third-order valence-corrected chi connectivity index (χ3v) is 4.09. The summed E-state index contributed by atoms with van der Waals surface area (Å²) in [5.41, 5.74) is 5.99. The number of carbonyl (C=O) groups is 1. The molecule has 112 valence electrons. The van der Waals surface area contributed by atoms with Gasteiger partial charge in [-0.15, -0.1) is 0 Å². The van der Waals surface area contributed by atoms with E-state index < -0.39 is 16.0 Å². The van der Waals surface area contributed by atoms with Gasteiger partial charge in [-0.3, -0.25) is 9.40 Å². The Kier molecular flexibility index (Phi) is 3.85. The number of nitrogens with two attached hydrogens (primary N) is 1. The number of nitrogens with zero attached hydrogens (tertiary/aromatic N) is 2. The van der Waals surface area contributed by atoms with Crippen LogP contribution in [0.25, 0.3) is 0 Å². The minimum Gasteiger partial charge on any atom is -0.465 e. The highest BCUT2D eigenvalue weighted by Gasteiger charge is 2.23. The molecule has 0 amide bonds. The van der Waals surface area contributed by atoms with Crippen LogP contribution in [0.2, 0.25) is 0 Å². The Bertz CT molecular complexity index is 782. The topological polar surface area (TPSA) is 116 Å². The number of esters is 1. The molecule has 0 saturated carbocycles. The van der Waals surface area contributed by atoms with Crippen molar-refractivity contribution in [3.63, 3.8) is 0 Å². The monoisotopic (exact) mass is 310 g/mol. The van der Waals surface area contributed by atoms with Gasteiger partial charge in [0.15, 0.2) is 0 Å². The molecule has 3 N–H and O–H groups in total. The van der Waals surface area contributed by atoms with E-state index >= 15 is 0 Å². The van der Waals surface area contributed by atoms with E-state index in [-0.39, 0.29) is 21.8 Å². The van der Waals surface area contributed by atoms with Gasteiger partial charge in [0.25, 0.3) is 10.0 Å². The summed E-state index contributed by atoms with van der Waals surface area (Å²) in [6, 6.07) is 3.90. The van der Waals surface area contributed by atoms with Crippen LogP contribution in [0.1, 0.15) is 10.4 Å². The van der Waals surface area contributed by atoms with Crippen molar-refractivity contribution in [2.45, 2.75) is 4.90 Å².